The highest BCUT2D eigenvalue weighted by atomic mass is 19.3. The standard InChI is InChI=1S/C41H50F4N10O5/c1-24(2)55-23-41(44,45)39(59)50(3)32-21-46-40(49-37(32)55)47-31-7-6-26(18-33(31)60-5)38(58)51(4)54-10-8-25(9-11-54)22-52-12-14-53(15-13-52)36-29(42)16-27(17-30(36)43)28-19-34(56)48-35(57)20-28/h6-7,16-18,21,24-25,28H,8-15,19-20,22-23H2,1-5H3,(H,46,47,49)(H,48,56,57). The molecule has 3 fully saturated rings. The fourth-order valence-electron chi connectivity index (χ4n) is 8.43. The van der Waals surface area contributed by atoms with Gasteiger partial charge >= 0.3 is 5.92 Å². The van der Waals surface area contributed by atoms with Crippen LogP contribution in [0.5, 0.6) is 5.75 Å². The lowest BCUT2D eigenvalue weighted by atomic mass is 9.89. The first-order valence-corrected chi connectivity index (χ1v) is 20.1. The first-order valence-electron chi connectivity index (χ1n) is 20.1. The van der Waals surface area contributed by atoms with E-state index in [9.17, 15) is 28.0 Å². The summed E-state index contributed by atoms with van der Waals surface area (Å²) in [5.74, 6) is -7.07. The van der Waals surface area contributed by atoms with Crippen molar-refractivity contribution in [2.24, 2.45) is 5.92 Å². The van der Waals surface area contributed by atoms with Gasteiger partial charge in [0.15, 0.2) is 5.82 Å². The molecule has 322 valence electrons. The van der Waals surface area contributed by atoms with Gasteiger partial charge in [0.1, 0.15) is 28.8 Å². The van der Waals surface area contributed by atoms with E-state index >= 15 is 8.78 Å². The molecular weight excluding hydrogens is 789 g/mol. The summed E-state index contributed by atoms with van der Waals surface area (Å²) in [6.45, 7) is 6.96. The van der Waals surface area contributed by atoms with Crippen LogP contribution in [0, 0.1) is 17.6 Å². The van der Waals surface area contributed by atoms with E-state index in [-0.39, 0.29) is 41.9 Å². The Bertz CT molecular complexity index is 2100. The minimum absolute atomic E-state index is 0.00496. The van der Waals surface area contributed by atoms with Gasteiger partial charge in [-0.05, 0) is 68.5 Å². The first-order chi connectivity index (χ1) is 28.5. The average molecular weight is 839 g/mol. The van der Waals surface area contributed by atoms with Gasteiger partial charge in [-0.3, -0.25) is 34.4 Å². The second-order valence-corrected chi connectivity index (χ2v) is 16.2. The summed E-state index contributed by atoms with van der Waals surface area (Å²) in [5.41, 5.74) is 1.20. The number of hydrogen-bond acceptors (Lipinski definition) is 12. The van der Waals surface area contributed by atoms with Crippen LogP contribution in [0.15, 0.2) is 36.5 Å². The Kier molecular flexibility index (Phi) is 12.2. The molecule has 0 radical (unpaired) electrons. The van der Waals surface area contributed by atoms with Crippen LogP contribution in [0.1, 0.15) is 61.4 Å². The van der Waals surface area contributed by atoms with Crippen molar-refractivity contribution in [3.05, 3.63) is 59.3 Å². The molecule has 3 saturated heterocycles. The number of nitrogens with zero attached hydrogens (tertiary/aromatic N) is 8. The molecule has 0 saturated carbocycles. The highest BCUT2D eigenvalue weighted by Crippen LogP contribution is 2.38. The zero-order valence-corrected chi connectivity index (χ0v) is 34.3. The molecule has 0 spiro atoms. The molecular formula is C41H50F4N10O5. The SMILES string of the molecule is COc1cc(C(=O)N(C)N2CCC(CN3CCN(c4c(F)cc(C5CC(=O)NC(=O)C5)cc4F)CC3)CC2)ccc1Nc1ncc2c(n1)N(C(C)C)CC(F)(F)C(=O)N2C. The summed E-state index contributed by atoms with van der Waals surface area (Å²) < 4.78 is 65.7. The predicted molar refractivity (Wildman–Crippen MR) is 216 cm³/mol. The normalized spacial score (nSPS) is 19.6. The predicted octanol–water partition coefficient (Wildman–Crippen LogP) is 4.37. The van der Waals surface area contributed by atoms with Crippen LogP contribution in [0.4, 0.5) is 46.4 Å². The minimum Gasteiger partial charge on any atom is -0.495 e. The summed E-state index contributed by atoms with van der Waals surface area (Å²) in [4.78, 5) is 64.9. The van der Waals surface area contributed by atoms with Gasteiger partial charge in [0.25, 0.3) is 11.8 Å². The second-order valence-electron chi connectivity index (χ2n) is 16.2. The van der Waals surface area contributed by atoms with Crippen LogP contribution in [0.2, 0.25) is 0 Å². The van der Waals surface area contributed by atoms with Crippen LogP contribution < -0.4 is 30.1 Å². The van der Waals surface area contributed by atoms with Crippen molar-refractivity contribution in [1.82, 2.24) is 30.2 Å². The van der Waals surface area contributed by atoms with E-state index < -0.39 is 53.8 Å². The number of carbonyl (C=O) groups is 4. The van der Waals surface area contributed by atoms with Crippen molar-refractivity contribution >= 4 is 52.5 Å². The fourth-order valence-corrected chi connectivity index (χ4v) is 8.43. The van der Waals surface area contributed by atoms with Gasteiger partial charge in [0, 0.05) is 90.3 Å². The highest BCUT2D eigenvalue weighted by Gasteiger charge is 2.48. The molecule has 0 aliphatic carbocycles. The maximum absolute atomic E-state index is 15.3. The minimum atomic E-state index is -3.62. The number of hydrazine groups is 1. The second kappa shape index (κ2) is 17.2. The number of fused-ring (bicyclic) bond motifs is 1. The maximum atomic E-state index is 15.3. The largest absolute Gasteiger partial charge is 0.495 e. The van der Waals surface area contributed by atoms with E-state index in [0.717, 1.165) is 24.3 Å². The van der Waals surface area contributed by atoms with Crippen LogP contribution in [-0.4, -0.2) is 134 Å². The zero-order valence-electron chi connectivity index (χ0n) is 34.3. The number of benzene rings is 2. The number of aromatic nitrogens is 2. The first kappa shape index (κ1) is 42.6. The van der Waals surface area contributed by atoms with Crippen LogP contribution in [0.3, 0.4) is 0 Å². The van der Waals surface area contributed by atoms with Crippen molar-refractivity contribution in [2.75, 3.05) is 93.6 Å². The molecule has 7 rings (SSSR count). The lowest BCUT2D eigenvalue weighted by Gasteiger charge is -2.41. The summed E-state index contributed by atoms with van der Waals surface area (Å²) in [6, 6.07) is 7.01. The Labute approximate surface area is 345 Å². The third kappa shape index (κ3) is 8.82. The number of alkyl halides is 2. The van der Waals surface area contributed by atoms with E-state index in [1.165, 1.54) is 37.4 Å². The van der Waals surface area contributed by atoms with E-state index in [1.807, 2.05) is 5.01 Å². The van der Waals surface area contributed by atoms with Gasteiger partial charge < -0.3 is 24.8 Å². The van der Waals surface area contributed by atoms with Crippen molar-refractivity contribution in [3.63, 3.8) is 0 Å². The third-order valence-corrected chi connectivity index (χ3v) is 11.9. The smallest absolute Gasteiger partial charge is 0.342 e. The maximum Gasteiger partial charge on any atom is 0.342 e. The molecule has 2 N–H and O–H groups in total. The van der Waals surface area contributed by atoms with Gasteiger partial charge in [-0.25, -0.2) is 18.8 Å². The highest BCUT2D eigenvalue weighted by molar-refractivity contribution is 6.02. The number of methoxy groups -OCH3 is 1. The fraction of sp³-hybridized carbons (Fsp3) is 0.512. The Morgan fingerprint density at radius 1 is 1.00 bits per heavy atom. The number of anilines is 5. The summed E-state index contributed by atoms with van der Waals surface area (Å²) >= 11 is 0. The van der Waals surface area contributed by atoms with Gasteiger partial charge in [0.05, 0.1) is 25.5 Å². The number of ether oxygens (including phenoxy) is 1. The summed E-state index contributed by atoms with van der Waals surface area (Å²) in [7, 11) is 4.46. The molecule has 4 aliphatic rings. The summed E-state index contributed by atoms with van der Waals surface area (Å²) in [6.07, 6.45) is 3.04. The molecule has 15 nitrogen and oxygen atoms in total. The molecule has 4 amide bonds. The van der Waals surface area contributed by atoms with Gasteiger partial charge in [0.2, 0.25) is 17.8 Å². The molecule has 2 aromatic carbocycles. The Balaban J connectivity index is 0.915. The molecule has 1 aromatic heterocycles. The van der Waals surface area contributed by atoms with E-state index in [1.54, 1.807) is 49.0 Å². The number of halogens is 4. The van der Waals surface area contributed by atoms with Crippen LogP contribution in [-0.2, 0) is 14.4 Å². The number of piperidine rings is 2. The topological polar surface area (TPSA) is 147 Å². The van der Waals surface area contributed by atoms with Gasteiger partial charge in [-0.1, -0.05) is 0 Å². The van der Waals surface area contributed by atoms with Crippen molar-refractivity contribution in [3.8, 4) is 5.75 Å². The van der Waals surface area contributed by atoms with E-state index in [0.29, 0.717) is 67.8 Å². The number of amides is 4. The van der Waals surface area contributed by atoms with Crippen LogP contribution >= 0.6 is 0 Å². The van der Waals surface area contributed by atoms with Gasteiger partial charge in [-0.15, -0.1) is 0 Å². The van der Waals surface area contributed by atoms with Crippen molar-refractivity contribution in [2.45, 2.75) is 57.4 Å². The number of rotatable bonds is 10. The lowest BCUT2D eigenvalue weighted by Crippen LogP contribution is -2.51. The average Bonchev–Trinajstić information content (AvgIpc) is 3.29. The Morgan fingerprint density at radius 2 is 1.65 bits per heavy atom. The molecule has 19 heteroatoms. The Hall–Kier alpha value is -5.56. The molecule has 0 bridgehead atoms. The van der Waals surface area contributed by atoms with Crippen LogP contribution in [0.25, 0.3) is 0 Å². The number of hydrogen-bond donors (Lipinski definition) is 2. The van der Waals surface area contributed by atoms with Gasteiger partial charge in [-0.2, -0.15) is 13.8 Å². The quantitative estimate of drug-likeness (QED) is 0.221. The zero-order chi connectivity index (χ0) is 43.0. The van der Waals surface area contributed by atoms with E-state index in [2.05, 4.69) is 25.5 Å². The molecule has 0 atom stereocenters. The van der Waals surface area contributed by atoms with E-state index in [4.69, 9.17) is 4.74 Å². The molecule has 60 heavy (non-hydrogen) atoms. The molecule has 5 heterocycles. The number of carbonyl (C=O) groups excluding carboxylic acids is 4. The third-order valence-electron chi connectivity index (χ3n) is 11.9. The van der Waals surface area contributed by atoms with Crippen molar-refractivity contribution < 1.29 is 41.5 Å². The molecule has 3 aromatic rings. The number of imide groups is 1. The monoisotopic (exact) mass is 838 g/mol. The Morgan fingerprint density at radius 3 is 2.27 bits per heavy atom. The molecule has 0 unspecified atom stereocenters. The number of piperazine rings is 1. The lowest BCUT2D eigenvalue weighted by molar-refractivity contribution is -0.140. The summed E-state index contributed by atoms with van der Waals surface area (Å²) in [5, 5.41) is 8.90. The number of nitrogens with one attached hydrogen (secondary N) is 2. The molecule has 4 aliphatic heterocycles. The van der Waals surface area contributed by atoms with Crippen molar-refractivity contribution in [1.29, 1.82) is 0 Å².